The van der Waals surface area contributed by atoms with E-state index in [4.69, 9.17) is 9.47 Å². The number of carbonyl (C=O) groups excluding carboxylic acids is 1. The highest BCUT2D eigenvalue weighted by Crippen LogP contribution is 2.36. The van der Waals surface area contributed by atoms with Crippen molar-refractivity contribution in [2.75, 3.05) is 26.1 Å². The minimum absolute atomic E-state index is 0.0373. The molecule has 156 valence electrons. The van der Waals surface area contributed by atoms with E-state index in [-0.39, 0.29) is 12.3 Å². The van der Waals surface area contributed by atoms with Crippen molar-refractivity contribution in [1.82, 2.24) is 0 Å². The molecule has 0 heterocycles. The van der Waals surface area contributed by atoms with E-state index < -0.39 is 34.4 Å². The summed E-state index contributed by atoms with van der Waals surface area (Å²) in [4.78, 5) is 21.9. The van der Waals surface area contributed by atoms with Crippen LogP contribution < -0.4 is 10.1 Å². The van der Waals surface area contributed by atoms with E-state index in [0.717, 1.165) is 12.1 Å². The summed E-state index contributed by atoms with van der Waals surface area (Å²) in [5, 5.41) is 13.8. The van der Waals surface area contributed by atoms with E-state index in [1.165, 1.54) is 38.5 Å². The summed E-state index contributed by atoms with van der Waals surface area (Å²) in [5.74, 6) is -0.334. The zero-order chi connectivity index (χ0) is 21.6. The average Bonchev–Trinajstić information content (AvgIpc) is 2.67. The van der Waals surface area contributed by atoms with Gasteiger partial charge in [0.05, 0.1) is 24.2 Å². The second kappa shape index (κ2) is 9.24. The maximum atomic E-state index is 12.8. The van der Waals surface area contributed by atoms with Crippen molar-refractivity contribution in [1.29, 1.82) is 0 Å². The molecular formula is C18H17F3N2O6. The molecule has 2 aromatic carbocycles. The van der Waals surface area contributed by atoms with Crippen LogP contribution in [0.2, 0.25) is 0 Å². The van der Waals surface area contributed by atoms with Crippen molar-refractivity contribution in [3.05, 3.63) is 58.1 Å². The lowest BCUT2D eigenvalue weighted by Crippen LogP contribution is -2.32. The smallest absolute Gasteiger partial charge is 0.416 e. The van der Waals surface area contributed by atoms with Crippen LogP contribution >= 0.6 is 0 Å². The van der Waals surface area contributed by atoms with E-state index in [1.54, 1.807) is 0 Å². The van der Waals surface area contributed by atoms with Gasteiger partial charge in [0, 0.05) is 18.9 Å². The van der Waals surface area contributed by atoms with E-state index in [0.29, 0.717) is 17.5 Å². The number of nitro groups is 1. The number of nitrogens with zero attached hydrogens (tertiary/aromatic N) is 1. The number of nitrogens with one attached hydrogen (secondary N) is 1. The molecule has 2 rings (SSSR count). The molecular weight excluding hydrogens is 397 g/mol. The number of rotatable bonds is 8. The van der Waals surface area contributed by atoms with Crippen molar-refractivity contribution >= 4 is 23.0 Å². The number of hydrogen-bond donors (Lipinski definition) is 1. The average molecular weight is 414 g/mol. The summed E-state index contributed by atoms with van der Waals surface area (Å²) >= 11 is 0. The Hall–Kier alpha value is -3.34. The third kappa shape index (κ3) is 5.82. The number of nitro benzene ring substituents is 1. The molecule has 8 nitrogen and oxygen atoms in total. The third-order valence-electron chi connectivity index (χ3n) is 3.72. The number of hydrogen-bond acceptors (Lipinski definition) is 7. The Morgan fingerprint density at radius 3 is 2.34 bits per heavy atom. The van der Waals surface area contributed by atoms with Gasteiger partial charge >= 0.3 is 12.1 Å². The number of benzene rings is 2. The molecule has 0 aromatic heterocycles. The fourth-order valence-electron chi connectivity index (χ4n) is 2.33. The summed E-state index contributed by atoms with van der Waals surface area (Å²) in [6.45, 7) is -0.0373. The molecule has 0 aliphatic rings. The van der Waals surface area contributed by atoms with E-state index in [1.807, 2.05) is 0 Å². The standard InChI is InChI=1S/C18H17F3N2O6/c1-27-10-16(17(24)28-2)29-13-6-4-12(5-7-13)22-14-8-3-11(18(19,20)21)9-15(14)23(25)26/h3-9,16,22H,10H2,1-2H3. The molecule has 0 spiro atoms. The quantitative estimate of drug-likeness (QED) is 0.397. The number of anilines is 2. The van der Waals surface area contributed by atoms with Gasteiger partial charge in [-0.2, -0.15) is 13.2 Å². The maximum Gasteiger partial charge on any atom is 0.416 e. The molecule has 1 N–H and O–H groups in total. The number of methoxy groups -OCH3 is 2. The van der Waals surface area contributed by atoms with Crippen molar-refractivity contribution < 1.29 is 37.1 Å². The molecule has 1 atom stereocenters. The lowest BCUT2D eigenvalue weighted by atomic mass is 10.1. The molecule has 0 radical (unpaired) electrons. The Labute approximate surface area is 163 Å². The van der Waals surface area contributed by atoms with Crippen LogP contribution in [0.5, 0.6) is 5.75 Å². The van der Waals surface area contributed by atoms with Gasteiger partial charge in [-0.05, 0) is 36.4 Å². The molecule has 0 bridgehead atoms. The van der Waals surface area contributed by atoms with Crippen LogP contribution in [0.4, 0.5) is 30.2 Å². The van der Waals surface area contributed by atoms with Crippen LogP contribution in [0, 0.1) is 10.1 Å². The predicted molar refractivity (Wildman–Crippen MR) is 96.1 cm³/mol. The Morgan fingerprint density at radius 2 is 1.83 bits per heavy atom. The molecule has 0 amide bonds. The molecule has 29 heavy (non-hydrogen) atoms. The molecule has 0 aliphatic carbocycles. The van der Waals surface area contributed by atoms with Gasteiger partial charge in [-0.1, -0.05) is 0 Å². The molecule has 0 aliphatic heterocycles. The number of ether oxygens (including phenoxy) is 3. The van der Waals surface area contributed by atoms with Gasteiger partial charge in [-0.3, -0.25) is 10.1 Å². The second-order valence-electron chi connectivity index (χ2n) is 5.72. The number of carbonyl (C=O) groups is 1. The van der Waals surface area contributed by atoms with Crippen LogP contribution in [0.1, 0.15) is 5.56 Å². The lowest BCUT2D eigenvalue weighted by molar-refractivity contribution is -0.384. The van der Waals surface area contributed by atoms with Crippen molar-refractivity contribution in [2.24, 2.45) is 0 Å². The van der Waals surface area contributed by atoms with Gasteiger partial charge in [0.25, 0.3) is 5.69 Å². The first-order valence-electron chi connectivity index (χ1n) is 8.12. The van der Waals surface area contributed by atoms with Gasteiger partial charge in [-0.15, -0.1) is 0 Å². The third-order valence-corrected chi connectivity index (χ3v) is 3.72. The highest BCUT2D eigenvalue weighted by Gasteiger charge is 2.33. The first-order valence-corrected chi connectivity index (χ1v) is 8.12. The van der Waals surface area contributed by atoms with Gasteiger partial charge in [0.1, 0.15) is 11.4 Å². The van der Waals surface area contributed by atoms with Gasteiger partial charge in [0.15, 0.2) is 0 Å². The fraction of sp³-hybridized carbons (Fsp3) is 0.278. The Morgan fingerprint density at radius 1 is 1.17 bits per heavy atom. The first kappa shape index (κ1) is 22.0. The number of halogens is 3. The fourth-order valence-corrected chi connectivity index (χ4v) is 2.33. The molecule has 2 aromatic rings. The highest BCUT2D eigenvalue weighted by atomic mass is 19.4. The van der Waals surface area contributed by atoms with Crippen LogP contribution in [-0.4, -0.2) is 37.8 Å². The Balaban J connectivity index is 2.19. The first-order chi connectivity index (χ1) is 13.7. The molecule has 0 fully saturated rings. The summed E-state index contributed by atoms with van der Waals surface area (Å²) < 4.78 is 53.3. The van der Waals surface area contributed by atoms with Crippen LogP contribution in [-0.2, 0) is 20.4 Å². The SMILES string of the molecule is COCC(Oc1ccc(Nc2ccc(C(F)(F)F)cc2[N+](=O)[O-])cc1)C(=O)OC. The van der Waals surface area contributed by atoms with Crippen molar-refractivity contribution in [3.63, 3.8) is 0 Å². The number of alkyl halides is 3. The van der Waals surface area contributed by atoms with Gasteiger partial charge in [0.2, 0.25) is 6.10 Å². The zero-order valence-electron chi connectivity index (χ0n) is 15.4. The summed E-state index contributed by atoms with van der Waals surface area (Å²) in [5.41, 5.74) is -1.58. The Bertz CT molecular complexity index is 871. The molecule has 11 heteroatoms. The minimum atomic E-state index is -4.69. The summed E-state index contributed by atoms with van der Waals surface area (Å²) in [7, 11) is 2.60. The second-order valence-corrected chi connectivity index (χ2v) is 5.72. The lowest BCUT2D eigenvalue weighted by Gasteiger charge is -2.16. The number of esters is 1. The van der Waals surface area contributed by atoms with Gasteiger partial charge < -0.3 is 19.5 Å². The van der Waals surface area contributed by atoms with E-state index in [9.17, 15) is 28.1 Å². The normalized spacial score (nSPS) is 12.2. The molecule has 0 saturated carbocycles. The summed E-state index contributed by atoms with van der Waals surface area (Å²) in [6.07, 6.45) is -5.68. The Kier molecular flexibility index (Phi) is 6.99. The van der Waals surface area contributed by atoms with Crippen LogP contribution in [0.25, 0.3) is 0 Å². The molecule has 0 saturated heterocycles. The van der Waals surface area contributed by atoms with Crippen molar-refractivity contribution in [3.8, 4) is 5.75 Å². The predicted octanol–water partition coefficient (Wildman–Crippen LogP) is 3.92. The minimum Gasteiger partial charge on any atom is -0.476 e. The highest BCUT2D eigenvalue weighted by molar-refractivity contribution is 5.75. The van der Waals surface area contributed by atoms with Crippen LogP contribution in [0.3, 0.4) is 0 Å². The topological polar surface area (TPSA) is 99.9 Å². The largest absolute Gasteiger partial charge is 0.476 e. The maximum absolute atomic E-state index is 12.8. The monoisotopic (exact) mass is 414 g/mol. The molecule has 1 unspecified atom stereocenters. The summed E-state index contributed by atoms with van der Waals surface area (Å²) in [6, 6.07) is 8.12. The van der Waals surface area contributed by atoms with E-state index >= 15 is 0 Å². The van der Waals surface area contributed by atoms with Gasteiger partial charge in [-0.25, -0.2) is 4.79 Å². The van der Waals surface area contributed by atoms with Crippen LogP contribution in [0.15, 0.2) is 42.5 Å². The van der Waals surface area contributed by atoms with Crippen molar-refractivity contribution in [2.45, 2.75) is 12.3 Å². The van der Waals surface area contributed by atoms with E-state index in [2.05, 4.69) is 10.1 Å². The zero-order valence-corrected chi connectivity index (χ0v) is 15.4.